The molecule has 0 aliphatic carbocycles. The van der Waals surface area contributed by atoms with Crippen LogP contribution in [-0.4, -0.2) is 41.8 Å². The number of rotatable bonds is 4. The van der Waals surface area contributed by atoms with Crippen molar-refractivity contribution in [3.05, 3.63) is 0 Å². The minimum atomic E-state index is -0.0331. The zero-order chi connectivity index (χ0) is 10.6. The highest BCUT2D eigenvalue weighted by Gasteiger charge is 2.22. The van der Waals surface area contributed by atoms with Crippen molar-refractivity contribution in [3.63, 3.8) is 0 Å². The minimum Gasteiger partial charge on any atom is -0.354 e. The third-order valence-corrected chi connectivity index (χ3v) is 3.89. The Kier molecular flexibility index (Phi) is 4.89. The SMILES string of the molecule is CCC(Br)C(=O)NCC1CCCN1C. The van der Waals surface area contributed by atoms with Gasteiger partial charge in [0, 0.05) is 12.6 Å². The maximum atomic E-state index is 11.5. The summed E-state index contributed by atoms with van der Waals surface area (Å²) >= 11 is 3.34. The van der Waals surface area contributed by atoms with Gasteiger partial charge in [0.1, 0.15) is 0 Å². The number of nitrogens with zero attached hydrogens (tertiary/aromatic N) is 1. The predicted octanol–water partition coefficient (Wildman–Crippen LogP) is 1.37. The summed E-state index contributed by atoms with van der Waals surface area (Å²) in [5.41, 5.74) is 0. The molecule has 1 rings (SSSR count). The van der Waals surface area contributed by atoms with Crippen molar-refractivity contribution in [3.8, 4) is 0 Å². The number of halogens is 1. The number of amides is 1. The third-order valence-electron chi connectivity index (χ3n) is 2.83. The number of likely N-dealkylation sites (N-methyl/N-ethyl adjacent to an activating group) is 1. The maximum absolute atomic E-state index is 11.5. The lowest BCUT2D eigenvalue weighted by Crippen LogP contribution is -2.40. The van der Waals surface area contributed by atoms with Gasteiger partial charge < -0.3 is 10.2 Å². The van der Waals surface area contributed by atoms with E-state index in [1.165, 1.54) is 12.8 Å². The second-order valence-electron chi connectivity index (χ2n) is 3.90. The molecular formula is C10H19BrN2O. The van der Waals surface area contributed by atoms with Gasteiger partial charge in [-0.05, 0) is 32.9 Å². The van der Waals surface area contributed by atoms with E-state index in [-0.39, 0.29) is 10.7 Å². The molecule has 0 aromatic rings. The van der Waals surface area contributed by atoms with E-state index in [9.17, 15) is 4.79 Å². The van der Waals surface area contributed by atoms with Crippen LogP contribution in [0, 0.1) is 0 Å². The molecule has 1 aliphatic rings. The van der Waals surface area contributed by atoms with E-state index in [2.05, 4.69) is 33.2 Å². The summed E-state index contributed by atoms with van der Waals surface area (Å²) in [7, 11) is 2.12. The fourth-order valence-electron chi connectivity index (χ4n) is 1.75. The Bertz CT molecular complexity index is 199. The summed E-state index contributed by atoms with van der Waals surface area (Å²) in [4.78, 5) is 13.7. The maximum Gasteiger partial charge on any atom is 0.233 e. The molecule has 4 heteroatoms. The van der Waals surface area contributed by atoms with Crippen LogP contribution in [0.15, 0.2) is 0 Å². The zero-order valence-corrected chi connectivity index (χ0v) is 10.5. The molecule has 1 saturated heterocycles. The van der Waals surface area contributed by atoms with Crippen LogP contribution in [0.3, 0.4) is 0 Å². The van der Waals surface area contributed by atoms with Gasteiger partial charge in [0.05, 0.1) is 4.83 Å². The molecule has 0 radical (unpaired) electrons. The van der Waals surface area contributed by atoms with Crippen LogP contribution in [-0.2, 0) is 4.79 Å². The van der Waals surface area contributed by atoms with Crippen LogP contribution in [0.4, 0.5) is 0 Å². The van der Waals surface area contributed by atoms with E-state index in [1.54, 1.807) is 0 Å². The van der Waals surface area contributed by atoms with E-state index in [1.807, 2.05) is 6.92 Å². The zero-order valence-electron chi connectivity index (χ0n) is 8.92. The average molecular weight is 263 g/mol. The topological polar surface area (TPSA) is 32.3 Å². The summed E-state index contributed by atoms with van der Waals surface area (Å²) in [6.45, 7) is 3.95. The summed E-state index contributed by atoms with van der Waals surface area (Å²) in [6.07, 6.45) is 3.30. The summed E-state index contributed by atoms with van der Waals surface area (Å²) in [5, 5.41) is 2.98. The Morgan fingerprint density at radius 3 is 2.93 bits per heavy atom. The summed E-state index contributed by atoms with van der Waals surface area (Å²) in [6, 6.07) is 0.538. The van der Waals surface area contributed by atoms with Gasteiger partial charge in [-0.2, -0.15) is 0 Å². The summed E-state index contributed by atoms with van der Waals surface area (Å²) < 4.78 is 0. The molecular weight excluding hydrogens is 244 g/mol. The first kappa shape index (κ1) is 12.0. The average Bonchev–Trinajstić information content (AvgIpc) is 2.59. The highest BCUT2D eigenvalue weighted by molar-refractivity contribution is 9.10. The van der Waals surface area contributed by atoms with Gasteiger partial charge in [-0.15, -0.1) is 0 Å². The van der Waals surface area contributed by atoms with Crippen LogP contribution in [0.1, 0.15) is 26.2 Å². The molecule has 2 unspecified atom stereocenters. The second-order valence-corrected chi connectivity index (χ2v) is 5.00. The van der Waals surface area contributed by atoms with Crippen molar-refractivity contribution in [2.45, 2.75) is 37.1 Å². The predicted molar refractivity (Wildman–Crippen MR) is 61.7 cm³/mol. The lowest BCUT2D eigenvalue weighted by Gasteiger charge is -2.20. The number of carbonyl (C=O) groups is 1. The van der Waals surface area contributed by atoms with Crippen molar-refractivity contribution in [2.75, 3.05) is 20.1 Å². The molecule has 82 valence electrons. The van der Waals surface area contributed by atoms with Gasteiger partial charge in [-0.1, -0.05) is 22.9 Å². The molecule has 0 bridgehead atoms. The Morgan fingerprint density at radius 2 is 2.43 bits per heavy atom. The number of hydrogen-bond donors (Lipinski definition) is 1. The molecule has 3 nitrogen and oxygen atoms in total. The van der Waals surface area contributed by atoms with Crippen molar-refractivity contribution in [1.29, 1.82) is 0 Å². The van der Waals surface area contributed by atoms with Gasteiger partial charge in [-0.25, -0.2) is 0 Å². The Balaban J connectivity index is 2.22. The van der Waals surface area contributed by atoms with E-state index in [4.69, 9.17) is 0 Å². The van der Waals surface area contributed by atoms with Gasteiger partial charge in [0.15, 0.2) is 0 Å². The number of carbonyl (C=O) groups excluding carboxylic acids is 1. The van der Waals surface area contributed by atoms with E-state index in [0.29, 0.717) is 6.04 Å². The first-order chi connectivity index (χ1) is 6.65. The smallest absolute Gasteiger partial charge is 0.233 e. The Labute approximate surface area is 94.4 Å². The van der Waals surface area contributed by atoms with Crippen LogP contribution >= 0.6 is 15.9 Å². The molecule has 1 N–H and O–H groups in total. The van der Waals surface area contributed by atoms with E-state index < -0.39 is 0 Å². The highest BCUT2D eigenvalue weighted by atomic mass is 79.9. The van der Waals surface area contributed by atoms with Crippen LogP contribution in [0.2, 0.25) is 0 Å². The van der Waals surface area contributed by atoms with E-state index >= 15 is 0 Å². The normalized spacial score (nSPS) is 24.9. The fourth-order valence-corrected chi connectivity index (χ4v) is 1.91. The van der Waals surface area contributed by atoms with Crippen molar-refractivity contribution >= 4 is 21.8 Å². The number of hydrogen-bond acceptors (Lipinski definition) is 2. The molecule has 0 saturated carbocycles. The molecule has 1 amide bonds. The third kappa shape index (κ3) is 3.24. The fraction of sp³-hybridized carbons (Fsp3) is 0.900. The summed E-state index contributed by atoms with van der Waals surface area (Å²) in [5.74, 6) is 0.118. The standard InChI is InChI=1S/C10H19BrN2O/c1-3-9(11)10(14)12-7-8-5-4-6-13(8)2/h8-9H,3-7H2,1-2H3,(H,12,14). The first-order valence-corrected chi connectivity index (χ1v) is 6.18. The molecule has 1 aliphatic heterocycles. The van der Waals surface area contributed by atoms with Crippen molar-refractivity contribution in [2.24, 2.45) is 0 Å². The molecule has 14 heavy (non-hydrogen) atoms. The molecule has 1 heterocycles. The first-order valence-electron chi connectivity index (χ1n) is 5.27. The van der Waals surface area contributed by atoms with E-state index in [0.717, 1.165) is 19.5 Å². The van der Waals surface area contributed by atoms with Crippen molar-refractivity contribution < 1.29 is 4.79 Å². The second kappa shape index (κ2) is 5.71. The lowest BCUT2D eigenvalue weighted by molar-refractivity contribution is -0.120. The molecule has 0 aromatic carbocycles. The molecule has 1 fully saturated rings. The molecule has 0 spiro atoms. The van der Waals surface area contributed by atoms with Gasteiger partial charge >= 0.3 is 0 Å². The van der Waals surface area contributed by atoms with Crippen LogP contribution in [0.5, 0.6) is 0 Å². The van der Waals surface area contributed by atoms with Crippen molar-refractivity contribution in [1.82, 2.24) is 10.2 Å². The Morgan fingerprint density at radius 1 is 1.71 bits per heavy atom. The highest BCUT2D eigenvalue weighted by Crippen LogP contribution is 2.13. The monoisotopic (exact) mass is 262 g/mol. The minimum absolute atomic E-state index is 0.0331. The number of alkyl halides is 1. The largest absolute Gasteiger partial charge is 0.354 e. The van der Waals surface area contributed by atoms with Gasteiger partial charge in [0.25, 0.3) is 0 Å². The van der Waals surface area contributed by atoms with Gasteiger partial charge in [0.2, 0.25) is 5.91 Å². The van der Waals surface area contributed by atoms with Crippen LogP contribution < -0.4 is 5.32 Å². The molecule has 0 aromatic heterocycles. The number of likely N-dealkylation sites (tertiary alicyclic amines) is 1. The van der Waals surface area contributed by atoms with Crippen LogP contribution in [0.25, 0.3) is 0 Å². The number of nitrogens with one attached hydrogen (secondary N) is 1. The quantitative estimate of drug-likeness (QED) is 0.777. The Hall–Kier alpha value is -0.0900. The molecule has 2 atom stereocenters. The lowest BCUT2D eigenvalue weighted by atomic mass is 10.2. The van der Waals surface area contributed by atoms with Gasteiger partial charge in [-0.3, -0.25) is 4.79 Å².